The predicted molar refractivity (Wildman–Crippen MR) is 108 cm³/mol. The van der Waals surface area contributed by atoms with Crippen LogP contribution in [0.15, 0.2) is 54.6 Å². The molecule has 4 rings (SSSR count). The second kappa shape index (κ2) is 7.16. The molecule has 0 spiro atoms. The molecule has 3 aromatic carbocycles. The summed E-state index contributed by atoms with van der Waals surface area (Å²) in [6.45, 7) is 1.86. The van der Waals surface area contributed by atoms with E-state index in [0.717, 1.165) is 23.4 Å². The summed E-state index contributed by atoms with van der Waals surface area (Å²) >= 11 is 0. The summed E-state index contributed by atoms with van der Waals surface area (Å²) in [6.07, 6.45) is -4.03. The number of hydrogen-bond acceptors (Lipinski definition) is 1. The Morgan fingerprint density at radius 2 is 1.77 bits per heavy atom. The molecule has 0 saturated carbocycles. The fraction of sp³-hybridized carbons (Fsp3) is 0.174. The second-order valence-corrected chi connectivity index (χ2v) is 7.13. The van der Waals surface area contributed by atoms with Gasteiger partial charge in [-0.3, -0.25) is 4.79 Å². The number of alkyl halides is 3. The SMILES string of the molecule is CCc1ccc2c3c(C(N)=O)cccc3n(Cc3cccc(C(F)(F)F)c3F)c2c1. The van der Waals surface area contributed by atoms with Gasteiger partial charge in [0.2, 0.25) is 5.91 Å². The van der Waals surface area contributed by atoms with Gasteiger partial charge in [0.05, 0.1) is 17.6 Å². The lowest BCUT2D eigenvalue weighted by molar-refractivity contribution is -0.140. The molecular formula is C23H18F4N2O. The number of primary amides is 1. The number of fused-ring (bicyclic) bond motifs is 3. The number of carbonyl (C=O) groups excluding carboxylic acids is 1. The lowest BCUT2D eigenvalue weighted by Gasteiger charge is -2.13. The topological polar surface area (TPSA) is 48.0 Å². The Bertz CT molecular complexity index is 1290. The number of amides is 1. The van der Waals surface area contributed by atoms with E-state index in [1.807, 2.05) is 25.1 Å². The summed E-state index contributed by atoms with van der Waals surface area (Å²) in [5.41, 5.74) is 6.79. The molecule has 0 fully saturated rings. The van der Waals surface area contributed by atoms with Crippen LogP contribution in [0.3, 0.4) is 0 Å². The van der Waals surface area contributed by atoms with Crippen LogP contribution in [-0.2, 0) is 19.1 Å². The minimum absolute atomic E-state index is 0.0880. The fourth-order valence-electron chi connectivity index (χ4n) is 3.88. The van der Waals surface area contributed by atoms with Crippen molar-refractivity contribution in [1.29, 1.82) is 0 Å². The zero-order chi connectivity index (χ0) is 21.6. The van der Waals surface area contributed by atoms with Gasteiger partial charge < -0.3 is 10.3 Å². The first-order valence-corrected chi connectivity index (χ1v) is 9.40. The molecule has 0 atom stereocenters. The molecule has 0 aliphatic carbocycles. The van der Waals surface area contributed by atoms with Crippen molar-refractivity contribution in [3.05, 3.63) is 82.7 Å². The number of nitrogens with zero attached hydrogens (tertiary/aromatic N) is 1. The number of rotatable bonds is 4. The molecule has 0 bridgehead atoms. The average Bonchev–Trinajstić information content (AvgIpc) is 3.01. The smallest absolute Gasteiger partial charge is 0.366 e. The highest BCUT2D eigenvalue weighted by atomic mass is 19.4. The van der Waals surface area contributed by atoms with Crippen molar-refractivity contribution in [3.8, 4) is 0 Å². The molecule has 4 aromatic rings. The first-order valence-electron chi connectivity index (χ1n) is 9.40. The number of carbonyl (C=O) groups is 1. The first kappa shape index (κ1) is 19.9. The van der Waals surface area contributed by atoms with E-state index in [4.69, 9.17) is 5.73 Å². The predicted octanol–water partition coefficient (Wildman–Crippen LogP) is 5.66. The molecule has 1 aromatic heterocycles. The van der Waals surface area contributed by atoms with Gasteiger partial charge in [0.1, 0.15) is 5.82 Å². The van der Waals surface area contributed by atoms with Gasteiger partial charge in [0.15, 0.2) is 0 Å². The van der Waals surface area contributed by atoms with E-state index >= 15 is 0 Å². The highest BCUT2D eigenvalue weighted by molar-refractivity contribution is 6.18. The van der Waals surface area contributed by atoms with Gasteiger partial charge in [-0.2, -0.15) is 13.2 Å². The monoisotopic (exact) mass is 414 g/mol. The number of halogens is 4. The number of benzene rings is 3. The lowest BCUT2D eigenvalue weighted by atomic mass is 10.0. The molecule has 7 heteroatoms. The van der Waals surface area contributed by atoms with Gasteiger partial charge in [-0.15, -0.1) is 0 Å². The van der Waals surface area contributed by atoms with Gasteiger partial charge >= 0.3 is 6.18 Å². The van der Waals surface area contributed by atoms with Crippen LogP contribution in [0.5, 0.6) is 0 Å². The maximum absolute atomic E-state index is 14.7. The molecule has 3 nitrogen and oxygen atoms in total. The molecule has 154 valence electrons. The van der Waals surface area contributed by atoms with Crippen LogP contribution in [0.2, 0.25) is 0 Å². The molecular weight excluding hydrogens is 396 g/mol. The van der Waals surface area contributed by atoms with Crippen LogP contribution in [0.4, 0.5) is 17.6 Å². The summed E-state index contributed by atoms with van der Waals surface area (Å²) in [7, 11) is 0. The zero-order valence-electron chi connectivity index (χ0n) is 16.1. The molecule has 30 heavy (non-hydrogen) atoms. The molecule has 0 radical (unpaired) electrons. The minimum Gasteiger partial charge on any atom is -0.366 e. The number of aryl methyl sites for hydroxylation is 1. The van der Waals surface area contributed by atoms with Gasteiger partial charge in [0, 0.05) is 27.4 Å². The van der Waals surface area contributed by atoms with E-state index in [1.54, 1.807) is 22.8 Å². The minimum atomic E-state index is -4.78. The van der Waals surface area contributed by atoms with Gasteiger partial charge in [-0.1, -0.05) is 37.3 Å². The van der Waals surface area contributed by atoms with E-state index in [2.05, 4.69) is 0 Å². The van der Waals surface area contributed by atoms with Gasteiger partial charge in [-0.05, 0) is 36.2 Å². The second-order valence-electron chi connectivity index (χ2n) is 7.13. The molecule has 2 N–H and O–H groups in total. The van der Waals surface area contributed by atoms with Gasteiger partial charge in [-0.25, -0.2) is 4.39 Å². The Kier molecular flexibility index (Phi) is 4.76. The van der Waals surface area contributed by atoms with Crippen molar-refractivity contribution in [2.45, 2.75) is 26.1 Å². The summed E-state index contributed by atoms with van der Waals surface area (Å²) in [4.78, 5) is 12.0. The first-order chi connectivity index (χ1) is 14.2. The number of nitrogens with two attached hydrogens (primary N) is 1. The Balaban J connectivity index is 2.01. The van der Waals surface area contributed by atoms with Crippen molar-refractivity contribution in [1.82, 2.24) is 4.57 Å². The molecule has 0 unspecified atom stereocenters. The number of hydrogen-bond donors (Lipinski definition) is 1. The summed E-state index contributed by atoms with van der Waals surface area (Å²) in [6, 6.07) is 14.0. The number of aromatic nitrogens is 1. The maximum Gasteiger partial charge on any atom is 0.419 e. The van der Waals surface area contributed by atoms with Crippen LogP contribution in [0.25, 0.3) is 21.8 Å². The average molecular weight is 414 g/mol. The third kappa shape index (κ3) is 3.20. The standard InChI is InChI=1S/C23H18F4N2O/c1-2-13-9-10-15-19(11-13)29(18-8-4-6-16(20(15)18)22(28)30)12-14-5-3-7-17(21(14)24)23(25,26)27/h3-11H,2,12H2,1H3,(H2,28,30). The van der Waals surface area contributed by atoms with Crippen LogP contribution >= 0.6 is 0 Å². The molecule has 1 heterocycles. The Morgan fingerprint density at radius 1 is 1.03 bits per heavy atom. The van der Waals surface area contributed by atoms with Crippen LogP contribution in [0, 0.1) is 5.82 Å². The highest BCUT2D eigenvalue weighted by Gasteiger charge is 2.34. The van der Waals surface area contributed by atoms with Crippen LogP contribution in [-0.4, -0.2) is 10.5 Å². The highest BCUT2D eigenvalue weighted by Crippen LogP contribution is 2.35. The molecule has 0 aliphatic heterocycles. The fourth-order valence-corrected chi connectivity index (χ4v) is 3.88. The third-order valence-electron chi connectivity index (χ3n) is 5.34. The normalized spacial score (nSPS) is 12.0. The van der Waals surface area contributed by atoms with Crippen LogP contribution < -0.4 is 5.73 Å². The van der Waals surface area contributed by atoms with E-state index in [9.17, 15) is 22.4 Å². The largest absolute Gasteiger partial charge is 0.419 e. The van der Waals surface area contributed by atoms with Crippen LogP contribution in [0.1, 0.15) is 34.0 Å². The summed E-state index contributed by atoms with van der Waals surface area (Å²) in [5.74, 6) is -1.90. The Labute approximate surface area is 169 Å². The van der Waals surface area contributed by atoms with Crippen molar-refractivity contribution in [2.24, 2.45) is 5.73 Å². The molecule has 0 aliphatic rings. The van der Waals surface area contributed by atoms with Crippen molar-refractivity contribution in [2.75, 3.05) is 0 Å². The summed E-state index contributed by atoms with van der Waals surface area (Å²) < 4.78 is 55.9. The van der Waals surface area contributed by atoms with E-state index < -0.39 is 23.5 Å². The van der Waals surface area contributed by atoms with E-state index in [0.29, 0.717) is 22.0 Å². The van der Waals surface area contributed by atoms with E-state index in [1.165, 1.54) is 12.1 Å². The Morgan fingerprint density at radius 3 is 2.43 bits per heavy atom. The zero-order valence-corrected chi connectivity index (χ0v) is 16.1. The Hall–Kier alpha value is -3.35. The maximum atomic E-state index is 14.7. The van der Waals surface area contributed by atoms with Crippen molar-refractivity contribution >= 4 is 27.7 Å². The van der Waals surface area contributed by atoms with Crippen molar-refractivity contribution in [3.63, 3.8) is 0 Å². The quantitative estimate of drug-likeness (QED) is 0.430. The molecule has 1 amide bonds. The third-order valence-corrected chi connectivity index (χ3v) is 5.34. The molecule has 0 saturated heterocycles. The van der Waals surface area contributed by atoms with E-state index in [-0.39, 0.29) is 12.1 Å². The van der Waals surface area contributed by atoms with Crippen molar-refractivity contribution < 1.29 is 22.4 Å². The lowest BCUT2D eigenvalue weighted by Crippen LogP contribution is -2.12. The van der Waals surface area contributed by atoms with Gasteiger partial charge in [0.25, 0.3) is 0 Å². The summed E-state index contributed by atoms with van der Waals surface area (Å²) in [5, 5.41) is 1.35.